The minimum absolute atomic E-state index is 0. The van der Waals surface area contributed by atoms with Gasteiger partial charge < -0.3 is 19.1 Å². The Balaban J connectivity index is 0. The van der Waals surface area contributed by atoms with Crippen molar-refractivity contribution in [1.29, 1.82) is 0 Å². The van der Waals surface area contributed by atoms with E-state index in [1.807, 2.05) is 21.1 Å². The van der Waals surface area contributed by atoms with Crippen LogP contribution in [0.4, 0.5) is 0 Å². The molecular formula is C25H46ClNO4. The average Bonchev–Trinajstić information content (AvgIpc) is 2.63. The first kappa shape index (κ1) is 31.9. The number of carboxylic acid groups (broad SMARTS) is 1. The van der Waals surface area contributed by atoms with E-state index in [4.69, 9.17) is 4.74 Å². The number of hydrogen-bond donors (Lipinski definition) is 0. The lowest BCUT2D eigenvalue weighted by Crippen LogP contribution is -2.45. The Morgan fingerprint density at radius 3 is 1.97 bits per heavy atom. The van der Waals surface area contributed by atoms with Gasteiger partial charge in [-0.3, -0.25) is 4.79 Å². The highest BCUT2D eigenvalue weighted by Gasteiger charge is 2.22. The van der Waals surface area contributed by atoms with E-state index in [9.17, 15) is 14.7 Å². The number of likely N-dealkylation sites (N-methyl/N-ethyl adjacent to an activating group) is 1. The van der Waals surface area contributed by atoms with Crippen molar-refractivity contribution in [1.82, 2.24) is 0 Å². The number of esters is 1. The fourth-order valence-corrected chi connectivity index (χ4v) is 3.27. The van der Waals surface area contributed by atoms with Gasteiger partial charge in [0.1, 0.15) is 6.54 Å². The van der Waals surface area contributed by atoms with Gasteiger partial charge in [0.15, 0.2) is 6.10 Å². The van der Waals surface area contributed by atoms with Crippen LogP contribution < -0.4 is 5.11 Å². The molecule has 0 fully saturated rings. The molecule has 5 nitrogen and oxygen atoms in total. The Hall–Kier alpha value is -1.33. The second kappa shape index (κ2) is 20.6. The number of allylic oxidation sites excluding steroid dienone is 4. The van der Waals surface area contributed by atoms with Crippen LogP contribution in [0.25, 0.3) is 0 Å². The summed E-state index contributed by atoms with van der Waals surface area (Å²) in [4.78, 5) is 22.9. The number of ether oxygens (including phenoxy) is 1. The molecule has 0 aliphatic rings. The minimum atomic E-state index is -1.18. The molecule has 0 aliphatic heterocycles. The molecule has 0 aromatic heterocycles. The number of hydrogen-bond acceptors (Lipinski definition) is 4. The van der Waals surface area contributed by atoms with Gasteiger partial charge in [0.25, 0.3) is 0 Å². The van der Waals surface area contributed by atoms with Gasteiger partial charge in [-0.2, -0.15) is 0 Å². The molecule has 0 aliphatic carbocycles. The zero-order valence-electron chi connectivity index (χ0n) is 20.3. The van der Waals surface area contributed by atoms with Crippen LogP contribution in [0.2, 0.25) is 0 Å². The molecule has 182 valence electrons. The van der Waals surface area contributed by atoms with Crippen molar-refractivity contribution >= 4 is 24.3 Å². The first-order chi connectivity index (χ1) is 14.2. The quantitative estimate of drug-likeness (QED) is 0.118. The Morgan fingerprint density at radius 1 is 0.871 bits per heavy atom. The van der Waals surface area contributed by atoms with Crippen LogP contribution in [-0.2, 0) is 14.3 Å². The summed E-state index contributed by atoms with van der Waals surface area (Å²) in [6.45, 7) is 2.69. The monoisotopic (exact) mass is 459 g/mol. The maximum absolute atomic E-state index is 12.0. The summed E-state index contributed by atoms with van der Waals surface area (Å²) in [5.41, 5.74) is 0. The van der Waals surface area contributed by atoms with E-state index in [0.29, 0.717) is 17.4 Å². The number of halogens is 1. The predicted octanol–water partition coefficient (Wildman–Crippen LogP) is 4.98. The number of carboxylic acids is 1. The molecule has 0 aromatic carbocycles. The van der Waals surface area contributed by atoms with Gasteiger partial charge in [0.05, 0.1) is 21.1 Å². The molecule has 0 heterocycles. The van der Waals surface area contributed by atoms with Gasteiger partial charge in [-0.05, 0) is 38.5 Å². The van der Waals surface area contributed by atoms with Gasteiger partial charge >= 0.3 is 5.97 Å². The molecule has 0 radical (unpaired) electrons. The molecule has 0 unspecified atom stereocenters. The van der Waals surface area contributed by atoms with Crippen molar-refractivity contribution < 1.29 is 23.9 Å². The first-order valence-corrected chi connectivity index (χ1v) is 11.7. The number of unbranched alkanes of at least 4 members (excludes halogenated alkanes) is 8. The number of carbonyl (C=O) groups excluding carboxylic acids is 2. The maximum atomic E-state index is 12.0. The summed E-state index contributed by atoms with van der Waals surface area (Å²) in [5, 5.41) is 10.9. The third-order valence-corrected chi connectivity index (χ3v) is 4.78. The lowest BCUT2D eigenvalue weighted by atomic mass is 10.1. The Labute approximate surface area is 196 Å². The summed E-state index contributed by atoms with van der Waals surface area (Å²) >= 11 is 0. The number of carbonyl (C=O) groups is 2. The van der Waals surface area contributed by atoms with Crippen molar-refractivity contribution in [2.45, 2.75) is 96.5 Å². The highest BCUT2D eigenvalue weighted by atomic mass is 35.5. The normalized spacial score (nSPS) is 12.8. The van der Waals surface area contributed by atoms with Crippen molar-refractivity contribution in [3.63, 3.8) is 0 Å². The fourth-order valence-electron chi connectivity index (χ4n) is 3.27. The second-order valence-corrected chi connectivity index (χ2v) is 9.14. The van der Waals surface area contributed by atoms with Crippen molar-refractivity contribution in [2.75, 3.05) is 27.7 Å². The van der Waals surface area contributed by atoms with Gasteiger partial charge in [0, 0.05) is 18.8 Å². The highest BCUT2D eigenvalue weighted by molar-refractivity contribution is 5.85. The summed E-state index contributed by atoms with van der Waals surface area (Å²) in [5.74, 6) is -1.49. The number of quaternary nitrogens is 1. The van der Waals surface area contributed by atoms with Gasteiger partial charge in [-0.1, -0.05) is 63.3 Å². The first-order valence-electron chi connectivity index (χ1n) is 11.7. The lowest BCUT2D eigenvalue weighted by molar-refractivity contribution is -0.873. The van der Waals surface area contributed by atoms with Gasteiger partial charge in [-0.25, -0.2) is 0 Å². The van der Waals surface area contributed by atoms with E-state index in [0.717, 1.165) is 32.1 Å². The number of aliphatic carboxylic acids is 1. The smallest absolute Gasteiger partial charge is 0.306 e. The molecule has 6 heteroatoms. The summed E-state index contributed by atoms with van der Waals surface area (Å²) < 4.78 is 5.90. The van der Waals surface area contributed by atoms with Gasteiger partial charge in [0.2, 0.25) is 0 Å². The predicted molar refractivity (Wildman–Crippen MR) is 129 cm³/mol. The third-order valence-electron chi connectivity index (χ3n) is 4.78. The molecule has 0 rings (SSSR count). The van der Waals surface area contributed by atoms with E-state index < -0.39 is 12.1 Å². The molecule has 0 N–H and O–H groups in total. The number of rotatable bonds is 19. The van der Waals surface area contributed by atoms with Crippen LogP contribution >= 0.6 is 12.4 Å². The van der Waals surface area contributed by atoms with Crippen molar-refractivity contribution in [2.24, 2.45) is 0 Å². The van der Waals surface area contributed by atoms with E-state index in [-0.39, 0.29) is 24.8 Å². The molecule has 1 atom stereocenters. The molecule has 0 aromatic rings. The van der Waals surface area contributed by atoms with Crippen LogP contribution in [0, 0.1) is 0 Å². The standard InChI is InChI=1S/C25H45NO4.ClH/c1-5-6-7-8-9-10-11-12-13-14-15-16-17-18-19-20-25(29)30-23(21-24(27)28)22-26(2,3)4;/h9-10,12-13,23H,5-8,11,14-22H2,1-4H3;1H/b10-9-,13-12-;/t23-;/m1./s1. The summed E-state index contributed by atoms with van der Waals surface area (Å²) in [6.07, 6.45) is 21.0. The Morgan fingerprint density at radius 2 is 1.42 bits per heavy atom. The largest absolute Gasteiger partial charge is 0.550 e. The number of nitrogens with zero attached hydrogens (tertiary/aromatic N) is 1. The Kier molecular flexibility index (Phi) is 21.1. The highest BCUT2D eigenvalue weighted by Crippen LogP contribution is 2.11. The molecule has 0 bridgehead atoms. The zero-order valence-corrected chi connectivity index (χ0v) is 21.1. The third kappa shape index (κ3) is 24.8. The minimum Gasteiger partial charge on any atom is -0.550 e. The zero-order chi connectivity index (χ0) is 22.7. The molecule has 0 spiro atoms. The van der Waals surface area contributed by atoms with Crippen LogP contribution in [0.3, 0.4) is 0 Å². The lowest BCUT2D eigenvalue weighted by Gasteiger charge is -2.29. The molecule has 0 amide bonds. The van der Waals surface area contributed by atoms with E-state index in [1.54, 1.807) is 0 Å². The van der Waals surface area contributed by atoms with Gasteiger partial charge in [-0.15, -0.1) is 12.4 Å². The molecule has 0 saturated carbocycles. The van der Waals surface area contributed by atoms with Crippen LogP contribution in [-0.4, -0.2) is 50.2 Å². The molecule has 0 saturated heterocycles. The van der Waals surface area contributed by atoms with E-state index in [2.05, 4.69) is 31.2 Å². The van der Waals surface area contributed by atoms with Crippen LogP contribution in [0.1, 0.15) is 90.4 Å². The second-order valence-electron chi connectivity index (χ2n) is 9.14. The van der Waals surface area contributed by atoms with E-state index >= 15 is 0 Å². The molecular weight excluding hydrogens is 414 g/mol. The SMILES string of the molecule is CCCCC/C=C\C/C=C\CCCCCCCC(=O)O[C@H](CC(=O)[O-])C[N+](C)(C)C.Cl. The summed E-state index contributed by atoms with van der Waals surface area (Å²) in [6, 6.07) is 0. The topological polar surface area (TPSA) is 66.4 Å². The Bertz CT molecular complexity index is 512. The molecule has 31 heavy (non-hydrogen) atoms. The average molecular weight is 460 g/mol. The van der Waals surface area contributed by atoms with E-state index in [1.165, 1.54) is 38.5 Å². The van der Waals surface area contributed by atoms with Crippen LogP contribution in [0.15, 0.2) is 24.3 Å². The summed E-state index contributed by atoms with van der Waals surface area (Å²) in [7, 11) is 5.82. The fraction of sp³-hybridized carbons (Fsp3) is 0.760. The van der Waals surface area contributed by atoms with Crippen molar-refractivity contribution in [3.8, 4) is 0 Å². The maximum Gasteiger partial charge on any atom is 0.306 e. The van der Waals surface area contributed by atoms with Crippen LogP contribution in [0.5, 0.6) is 0 Å². The van der Waals surface area contributed by atoms with Crippen molar-refractivity contribution in [3.05, 3.63) is 24.3 Å².